The Hall–Kier alpha value is -1.06. The van der Waals surface area contributed by atoms with Gasteiger partial charge in [-0.05, 0) is 66.1 Å². The molecule has 2 heterocycles. The molecular formula is C19H17Cl3N2. The van der Waals surface area contributed by atoms with Crippen LogP contribution in [0.25, 0.3) is 5.57 Å². The van der Waals surface area contributed by atoms with E-state index in [2.05, 4.69) is 28.5 Å². The van der Waals surface area contributed by atoms with Gasteiger partial charge in [0.2, 0.25) is 0 Å². The number of aryl methyl sites for hydroxylation is 2. The van der Waals surface area contributed by atoms with Crippen LogP contribution in [0, 0.1) is 0 Å². The van der Waals surface area contributed by atoms with E-state index in [1.165, 1.54) is 33.4 Å². The average molecular weight is 380 g/mol. The lowest BCUT2D eigenvalue weighted by atomic mass is 9.87. The van der Waals surface area contributed by atoms with Crippen molar-refractivity contribution in [2.75, 3.05) is 0 Å². The number of hydrogen-bond donors (Lipinski definition) is 1. The molecule has 1 saturated heterocycles. The third-order valence-corrected chi connectivity index (χ3v) is 5.54. The lowest BCUT2D eigenvalue weighted by Crippen LogP contribution is -2.36. The fraction of sp³-hybridized carbons (Fsp3) is 0.316. The SMILES string of the molecule is Clc1ccc2c(c1)CCc1ccncc1C2=C1CC(Cl)NC(Cl)C1. The van der Waals surface area contributed by atoms with E-state index in [0.717, 1.165) is 30.7 Å². The number of hydrogen-bond acceptors (Lipinski definition) is 2. The van der Waals surface area contributed by atoms with Gasteiger partial charge in [-0.3, -0.25) is 10.3 Å². The van der Waals surface area contributed by atoms with Crippen LogP contribution in [-0.4, -0.2) is 16.0 Å². The Morgan fingerprint density at radius 2 is 1.71 bits per heavy atom. The first-order chi connectivity index (χ1) is 11.6. The number of nitrogens with one attached hydrogen (secondary N) is 1. The highest BCUT2D eigenvalue weighted by atomic mass is 35.5. The molecule has 0 amide bonds. The van der Waals surface area contributed by atoms with Crippen LogP contribution in [0.5, 0.6) is 0 Å². The first kappa shape index (κ1) is 16.4. The molecule has 2 aromatic rings. The van der Waals surface area contributed by atoms with Crippen molar-refractivity contribution in [3.8, 4) is 0 Å². The van der Waals surface area contributed by atoms with Crippen LogP contribution in [0.4, 0.5) is 0 Å². The van der Waals surface area contributed by atoms with E-state index in [9.17, 15) is 0 Å². The van der Waals surface area contributed by atoms with Gasteiger partial charge in [0, 0.05) is 23.0 Å². The number of piperidine rings is 1. The van der Waals surface area contributed by atoms with Crippen LogP contribution < -0.4 is 5.32 Å². The summed E-state index contributed by atoms with van der Waals surface area (Å²) in [4.78, 5) is 4.37. The van der Waals surface area contributed by atoms with Gasteiger partial charge in [-0.2, -0.15) is 0 Å². The van der Waals surface area contributed by atoms with E-state index < -0.39 is 0 Å². The minimum atomic E-state index is -0.150. The van der Waals surface area contributed by atoms with Crippen molar-refractivity contribution in [3.05, 3.63) is 69.5 Å². The van der Waals surface area contributed by atoms with Crippen LogP contribution in [0.1, 0.15) is 35.1 Å². The summed E-state index contributed by atoms with van der Waals surface area (Å²) in [7, 11) is 0. The molecule has 5 heteroatoms. The molecule has 2 unspecified atom stereocenters. The van der Waals surface area contributed by atoms with Crippen LogP contribution in [0.3, 0.4) is 0 Å². The summed E-state index contributed by atoms with van der Waals surface area (Å²) in [6.07, 6.45) is 7.33. The number of alkyl halides is 2. The first-order valence-corrected chi connectivity index (χ1v) is 9.35. The van der Waals surface area contributed by atoms with Gasteiger partial charge in [0.25, 0.3) is 0 Å². The van der Waals surface area contributed by atoms with Crippen LogP contribution in [-0.2, 0) is 12.8 Å². The van der Waals surface area contributed by atoms with Crippen molar-refractivity contribution in [3.63, 3.8) is 0 Å². The van der Waals surface area contributed by atoms with Gasteiger partial charge in [-0.25, -0.2) is 0 Å². The zero-order valence-corrected chi connectivity index (χ0v) is 15.3. The molecule has 2 nitrogen and oxygen atoms in total. The number of fused-ring (bicyclic) bond motifs is 2. The Morgan fingerprint density at radius 3 is 2.50 bits per heavy atom. The van der Waals surface area contributed by atoms with Crippen LogP contribution >= 0.6 is 34.8 Å². The Balaban J connectivity index is 1.97. The topological polar surface area (TPSA) is 24.9 Å². The Morgan fingerprint density at radius 1 is 0.958 bits per heavy atom. The molecule has 1 fully saturated rings. The van der Waals surface area contributed by atoms with E-state index in [-0.39, 0.29) is 11.0 Å². The molecule has 0 radical (unpaired) electrons. The van der Waals surface area contributed by atoms with Crippen molar-refractivity contribution in [1.29, 1.82) is 0 Å². The number of rotatable bonds is 0. The second-order valence-corrected chi connectivity index (χ2v) is 7.81. The molecule has 1 aliphatic carbocycles. The molecular weight excluding hydrogens is 363 g/mol. The Labute approximate surface area is 156 Å². The highest BCUT2D eigenvalue weighted by Gasteiger charge is 2.27. The summed E-state index contributed by atoms with van der Waals surface area (Å²) in [5, 5.41) is 3.96. The highest BCUT2D eigenvalue weighted by molar-refractivity contribution is 6.30. The third kappa shape index (κ3) is 3.09. The number of halogens is 3. The third-order valence-electron chi connectivity index (χ3n) is 4.75. The van der Waals surface area contributed by atoms with E-state index in [1.807, 2.05) is 18.5 Å². The highest BCUT2D eigenvalue weighted by Crippen LogP contribution is 2.40. The number of pyridine rings is 1. The second kappa shape index (κ2) is 6.68. The number of nitrogens with zero attached hydrogens (tertiary/aromatic N) is 1. The van der Waals surface area contributed by atoms with Gasteiger partial charge < -0.3 is 0 Å². The standard InChI is InChI=1S/C19H17Cl3N2/c20-14-3-4-15-12(7-14)2-1-11-5-6-23-10-16(11)19(15)13-8-17(21)24-18(22)9-13/h3-7,10,17-18,24H,1-2,8-9H2. The Bertz CT molecular complexity index is 804. The maximum atomic E-state index is 6.38. The molecule has 1 aliphatic heterocycles. The normalized spacial score (nSPS) is 23.5. The molecule has 0 spiro atoms. The average Bonchev–Trinajstić information content (AvgIpc) is 2.70. The molecule has 2 atom stereocenters. The monoisotopic (exact) mass is 378 g/mol. The second-order valence-electron chi connectivity index (χ2n) is 6.32. The lowest BCUT2D eigenvalue weighted by molar-refractivity contribution is 0.533. The van der Waals surface area contributed by atoms with E-state index >= 15 is 0 Å². The van der Waals surface area contributed by atoms with E-state index in [0.29, 0.717) is 0 Å². The molecule has 2 aliphatic rings. The van der Waals surface area contributed by atoms with Crippen molar-refractivity contribution in [2.45, 2.75) is 36.7 Å². The van der Waals surface area contributed by atoms with Gasteiger partial charge in [0.15, 0.2) is 0 Å². The largest absolute Gasteiger partial charge is 0.285 e. The van der Waals surface area contributed by atoms with Crippen LogP contribution in [0.15, 0.2) is 42.2 Å². The smallest absolute Gasteiger partial charge is 0.0874 e. The van der Waals surface area contributed by atoms with Gasteiger partial charge in [0.1, 0.15) is 0 Å². The summed E-state index contributed by atoms with van der Waals surface area (Å²) >= 11 is 19.0. The number of benzene rings is 1. The minimum Gasteiger partial charge on any atom is -0.285 e. The van der Waals surface area contributed by atoms with Crippen molar-refractivity contribution >= 4 is 40.4 Å². The molecule has 24 heavy (non-hydrogen) atoms. The van der Waals surface area contributed by atoms with Crippen LogP contribution in [0.2, 0.25) is 5.02 Å². The van der Waals surface area contributed by atoms with Gasteiger partial charge in [0.05, 0.1) is 11.0 Å². The molecule has 1 aromatic carbocycles. The summed E-state index contributed by atoms with van der Waals surface area (Å²) in [5.74, 6) is 0. The molecule has 0 saturated carbocycles. The van der Waals surface area contributed by atoms with E-state index in [1.54, 1.807) is 0 Å². The van der Waals surface area contributed by atoms with E-state index in [4.69, 9.17) is 34.8 Å². The first-order valence-electron chi connectivity index (χ1n) is 8.10. The van der Waals surface area contributed by atoms with Gasteiger partial charge >= 0.3 is 0 Å². The fourth-order valence-electron chi connectivity index (χ4n) is 3.71. The van der Waals surface area contributed by atoms with Gasteiger partial charge in [-0.1, -0.05) is 23.2 Å². The summed E-state index contributed by atoms with van der Waals surface area (Å²) in [5.41, 5.74) is 7.24. The summed E-state index contributed by atoms with van der Waals surface area (Å²) < 4.78 is 0. The molecule has 1 N–H and O–H groups in total. The summed E-state index contributed by atoms with van der Waals surface area (Å²) in [6, 6.07) is 8.27. The maximum Gasteiger partial charge on any atom is 0.0874 e. The zero-order chi connectivity index (χ0) is 16.7. The quantitative estimate of drug-likeness (QED) is 0.506. The van der Waals surface area contributed by atoms with Gasteiger partial charge in [-0.15, -0.1) is 23.2 Å². The predicted octanol–water partition coefficient (Wildman–Crippen LogP) is 5.15. The lowest BCUT2D eigenvalue weighted by Gasteiger charge is -2.28. The fourth-order valence-corrected chi connectivity index (χ4v) is 4.64. The number of aromatic nitrogens is 1. The van der Waals surface area contributed by atoms with Crippen molar-refractivity contribution < 1.29 is 0 Å². The molecule has 0 bridgehead atoms. The molecule has 124 valence electrons. The predicted molar refractivity (Wildman–Crippen MR) is 101 cm³/mol. The maximum absolute atomic E-state index is 6.38. The Kier molecular flexibility index (Phi) is 4.57. The summed E-state index contributed by atoms with van der Waals surface area (Å²) in [6.45, 7) is 0. The molecule has 4 rings (SSSR count). The van der Waals surface area contributed by atoms with Crippen molar-refractivity contribution in [1.82, 2.24) is 10.3 Å². The van der Waals surface area contributed by atoms with Crippen molar-refractivity contribution in [2.24, 2.45) is 0 Å². The zero-order valence-electron chi connectivity index (χ0n) is 13.0. The minimum absolute atomic E-state index is 0.150. The molecule has 1 aromatic heterocycles.